The Morgan fingerprint density at radius 3 is 2.42 bits per heavy atom. The lowest BCUT2D eigenvalue weighted by atomic mass is 10.1. The van der Waals surface area contributed by atoms with Gasteiger partial charge >= 0.3 is 0 Å². The molecule has 0 spiro atoms. The van der Waals surface area contributed by atoms with Gasteiger partial charge in [-0.2, -0.15) is 0 Å². The van der Waals surface area contributed by atoms with Gasteiger partial charge in [0.2, 0.25) is 5.88 Å². The molecule has 1 aliphatic carbocycles. The Labute approximate surface area is 120 Å². The average Bonchev–Trinajstić information content (AvgIpc) is 3.16. The van der Waals surface area contributed by atoms with E-state index in [4.69, 9.17) is 4.74 Å². The number of aryl methyl sites for hydroxylation is 1. The maximum atomic E-state index is 5.77. The second-order valence-electron chi connectivity index (χ2n) is 5.80. The van der Waals surface area contributed by atoms with Crippen molar-refractivity contribution in [2.24, 2.45) is 0 Å². The van der Waals surface area contributed by atoms with E-state index >= 15 is 0 Å². The maximum absolute atomic E-state index is 5.77. The van der Waals surface area contributed by atoms with Crippen LogP contribution in [0.5, 0.6) is 5.88 Å². The van der Waals surface area contributed by atoms with Gasteiger partial charge in [-0.25, -0.2) is 15.0 Å². The molecule has 1 aliphatic rings. The van der Waals surface area contributed by atoms with Gasteiger partial charge in [0.15, 0.2) is 0 Å². The number of hydrogen-bond donors (Lipinski definition) is 0. The lowest BCUT2D eigenvalue weighted by molar-refractivity contribution is 0.329. The minimum absolute atomic E-state index is 0.469. The van der Waals surface area contributed by atoms with E-state index in [1.807, 2.05) is 20.0 Å². The Morgan fingerprint density at radius 1 is 1.26 bits per heavy atom. The molecule has 0 saturated heterocycles. The summed E-state index contributed by atoms with van der Waals surface area (Å²) < 4.78 is 5.77. The van der Waals surface area contributed by atoms with Crippen LogP contribution in [-0.4, -0.2) is 36.1 Å². The third-order valence-electron chi connectivity index (χ3n) is 3.08. The van der Waals surface area contributed by atoms with Gasteiger partial charge in [0.05, 0.1) is 6.61 Å². The molecule has 2 nitrogen and oxygen atoms in total. The van der Waals surface area contributed by atoms with E-state index in [0.717, 1.165) is 24.2 Å². The van der Waals surface area contributed by atoms with E-state index in [1.54, 1.807) is 0 Å². The van der Waals surface area contributed by atoms with Crippen LogP contribution in [0.15, 0.2) is 12.3 Å². The van der Waals surface area contributed by atoms with Gasteiger partial charge in [-0.05, 0) is 55.6 Å². The van der Waals surface area contributed by atoms with Crippen LogP contribution in [0.25, 0.3) is 0 Å². The van der Waals surface area contributed by atoms with Gasteiger partial charge in [0.25, 0.3) is 0 Å². The minimum atomic E-state index is -0.469. The Balaban J connectivity index is 0.000000861. The molecule has 0 amide bonds. The van der Waals surface area contributed by atoms with Gasteiger partial charge in [0, 0.05) is 18.0 Å². The molecule has 1 heterocycles. The van der Waals surface area contributed by atoms with E-state index in [1.165, 1.54) is 24.0 Å². The van der Waals surface area contributed by atoms with Crippen molar-refractivity contribution in [2.45, 2.75) is 39.5 Å². The first-order valence-electron chi connectivity index (χ1n) is 7.21. The number of pyridine rings is 1. The fourth-order valence-corrected chi connectivity index (χ4v) is 2.41. The van der Waals surface area contributed by atoms with E-state index < -0.39 is 10.0 Å². The molecule has 0 aliphatic heterocycles. The highest BCUT2D eigenvalue weighted by Crippen LogP contribution is 2.42. The van der Waals surface area contributed by atoms with Crippen LogP contribution in [0.1, 0.15) is 43.7 Å². The maximum Gasteiger partial charge on any atom is 0.213 e. The Morgan fingerprint density at radius 2 is 1.89 bits per heavy atom. The van der Waals surface area contributed by atoms with E-state index in [0.29, 0.717) is 0 Å². The van der Waals surface area contributed by atoms with Crippen molar-refractivity contribution < 1.29 is 4.74 Å². The molecule has 110 valence electrons. The molecule has 0 aromatic carbocycles. The molecular weight excluding hydrogens is 254 g/mol. The van der Waals surface area contributed by atoms with Crippen LogP contribution < -0.4 is 4.74 Å². The van der Waals surface area contributed by atoms with Crippen molar-refractivity contribution in [3.63, 3.8) is 0 Å². The number of nitrogens with zero attached hydrogens (tertiary/aromatic N) is 1. The first kappa shape index (κ1) is 16.4. The minimum Gasteiger partial charge on any atom is -0.477 e. The highest BCUT2D eigenvalue weighted by molar-refractivity contribution is 8.32. The summed E-state index contributed by atoms with van der Waals surface area (Å²) in [5.41, 5.74) is 2.75. The SMILES string of the molecule is CC.Cc1cnc(OCCS(C)(C)C)cc1C1CC1. The van der Waals surface area contributed by atoms with Crippen LogP contribution in [0.4, 0.5) is 0 Å². The van der Waals surface area contributed by atoms with Crippen molar-refractivity contribution in [3.05, 3.63) is 23.4 Å². The molecule has 0 unspecified atom stereocenters. The van der Waals surface area contributed by atoms with E-state index in [-0.39, 0.29) is 0 Å². The van der Waals surface area contributed by atoms with Crippen molar-refractivity contribution in [2.75, 3.05) is 31.1 Å². The number of hydrogen-bond acceptors (Lipinski definition) is 2. The molecule has 0 radical (unpaired) electrons. The molecule has 2 rings (SSSR count). The summed E-state index contributed by atoms with van der Waals surface area (Å²) in [6.07, 6.45) is 11.6. The topological polar surface area (TPSA) is 22.1 Å². The second kappa shape index (κ2) is 7.18. The summed E-state index contributed by atoms with van der Waals surface area (Å²) in [6, 6.07) is 2.14. The van der Waals surface area contributed by atoms with Gasteiger partial charge in [0.1, 0.15) is 0 Å². The first-order valence-corrected chi connectivity index (χ1v) is 10.2. The third kappa shape index (κ3) is 5.85. The van der Waals surface area contributed by atoms with Crippen molar-refractivity contribution >= 4 is 10.0 Å². The first-order chi connectivity index (χ1) is 8.96. The molecule has 0 atom stereocenters. The predicted molar refractivity (Wildman–Crippen MR) is 88.0 cm³/mol. The fraction of sp³-hybridized carbons (Fsp3) is 0.688. The lowest BCUT2D eigenvalue weighted by Gasteiger charge is -2.24. The normalized spacial score (nSPS) is 15.5. The zero-order valence-electron chi connectivity index (χ0n) is 13.3. The summed E-state index contributed by atoms with van der Waals surface area (Å²) in [4.78, 5) is 4.36. The van der Waals surface area contributed by atoms with Gasteiger partial charge < -0.3 is 4.74 Å². The summed E-state index contributed by atoms with van der Waals surface area (Å²) >= 11 is 0. The standard InChI is InChI=1S/C14H23NOS.C2H6/c1-11-10-15-14(9-13(11)12-5-6-12)16-7-8-17(2,3)4;1-2/h9-10,12H,5-8H2,1-4H3;1-2H3. The molecule has 1 fully saturated rings. The quantitative estimate of drug-likeness (QED) is 0.800. The summed E-state index contributed by atoms with van der Waals surface area (Å²) in [5, 5.41) is 0. The zero-order valence-corrected chi connectivity index (χ0v) is 14.1. The molecule has 0 bridgehead atoms. The van der Waals surface area contributed by atoms with Crippen LogP contribution >= 0.6 is 10.0 Å². The summed E-state index contributed by atoms with van der Waals surface area (Å²) in [5.74, 6) is 2.72. The molecular formula is C16H29NOS. The lowest BCUT2D eigenvalue weighted by Crippen LogP contribution is -2.09. The molecule has 1 aromatic rings. The van der Waals surface area contributed by atoms with Crippen LogP contribution in [-0.2, 0) is 0 Å². The number of ether oxygens (including phenoxy) is 1. The third-order valence-corrected chi connectivity index (χ3v) is 4.47. The number of rotatable bonds is 5. The highest BCUT2D eigenvalue weighted by Gasteiger charge is 2.25. The smallest absolute Gasteiger partial charge is 0.213 e. The van der Waals surface area contributed by atoms with Crippen molar-refractivity contribution in [1.82, 2.24) is 4.98 Å². The summed E-state index contributed by atoms with van der Waals surface area (Å²) in [7, 11) is -0.469. The number of aromatic nitrogens is 1. The molecule has 1 aromatic heterocycles. The van der Waals surface area contributed by atoms with E-state index in [2.05, 4.69) is 36.7 Å². The van der Waals surface area contributed by atoms with Crippen molar-refractivity contribution in [1.29, 1.82) is 0 Å². The molecule has 1 saturated carbocycles. The van der Waals surface area contributed by atoms with Crippen molar-refractivity contribution in [3.8, 4) is 5.88 Å². The Bertz CT molecular complexity index is 394. The monoisotopic (exact) mass is 283 g/mol. The molecule has 19 heavy (non-hydrogen) atoms. The van der Waals surface area contributed by atoms with Crippen LogP contribution in [0.3, 0.4) is 0 Å². The van der Waals surface area contributed by atoms with E-state index in [9.17, 15) is 0 Å². The Kier molecular flexibility index (Phi) is 6.18. The summed E-state index contributed by atoms with van der Waals surface area (Å²) in [6.45, 7) is 6.93. The molecule has 0 N–H and O–H groups in total. The van der Waals surface area contributed by atoms with Gasteiger partial charge in [-0.3, -0.25) is 0 Å². The second-order valence-corrected chi connectivity index (χ2v) is 10.4. The van der Waals surface area contributed by atoms with Gasteiger partial charge in [-0.15, -0.1) is 0 Å². The van der Waals surface area contributed by atoms with Crippen LogP contribution in [0.2, 0.25) is 0 Å². The largest absolute Gasteiger partial charge is 0.477 e. The molecule has 3 heteroatoms. The average molecular weight is 283 g/mol. The van der Waals surface area contributed by atoms with Gasteiger partial charge in [-0.1, -0.05) is 13.8 Å². The Hall–Kier alpha value is -0.700. The highest BCUT2D eigenvalue weighted by atomic mass is 32.3. The van der Waals surface area contributed by atoms with Crippen LogP contribution in [0, 0.1) is 6.92 Å². The predicted octanol–water partition coefficient (Wildman–Crippen LogP) is 4.37. The zero-order chi connectivity index (χ0) is 14.5. The fourth-order valence-electron chi connectivity index (χ4n) is 1.83.